The fourth-order valence-electron chi connectivity index (χ4n) is 2.83. The first-order chi connectivity index (χ1) is 12.9. The summed E-state index contributed by atoms with van der Waals surface area (Å²) in [5.41, 5.74) is 2.21. The van der Waals surface area contributed by atoms with Gasteiger partial charge in [-0.1, -0.05) is 15.9 Å². The number of hydrogen-bond acceptors (Lipinski definition) is 4. The zero-order chi connectivity index (χ0) is 19.1. The Morgan fingerprint density at radius 1 is 1.22 bits per heavy atom. The van der Waals surface area contributed by atoms with Crippen LogP contribution in [0.25, 0.3) is 17.3 Å². The van der Waals surface area contributed by atoms with Crippen LogP contribution in [0, 0.1) is 10.6 Å². The highest BCUT2D eigenvalue weighted by atomic mass is 79.9. The molecule has 0 bridgehead atoms. The first kappa shape index (κ1) is 17.6. The minimum atomic E-state index is -0.528. The molecule has 0 saturated heterocycles. The lowest BCUT2D eigenvalue weighted by Gasteiger charge is -2.11. The maximum absolute atomic E-state index is 13.2. The second-order valence-corrected chi connectivity index (χ2v) is 7.13. The average molecular weight is 444 g/mol. The number of allylic oxidation sites excluding steroid dienone is 1. The molecule has 0 fully saturated rings. The van der Waals surface area contributed by atoms with E-state index in [0.717, 1.165) is 15.7 Å². The molecule has 4 rings (SSSR count). The van der Waals surface area contributed by atoms with E-state index >= 15 is 0 Å². The summed E-state index contributed by atoms with van der Waals surface area (Å²) in [4.78, 5) is 19.3. The summed E-state index contributed by atoms with van der Waals surface area (Å²) < 4.78 is 15.4. The van der Waals surface area contributed by atoms with Gasteiger partial charge >= 0.3 is 0 Å². The van der Waals surface area contributed by atoms with Gasteiger partial charge < -0.3 is 5.11 Å². The minimum Gasteiger partial charge on any atom is -0.494 e. The molecule has 2 N–H and O–H groups in total. The molecule has 5 nitrogen and oxygen atoms in total. The first-order valence-corrected chi connectivity index (χ1v) is 9.04. The quantitative estimate of drug-likeness (QED) is 0.560. The second-order valence-electron chi connectivity index (χ2n) is 5.83. The lowest BCUT2D eigenvalue weighted by molar-refractivity contribution is 0.432. The third-order valence-electron chi connectivity index (χ3n) is 4.12. The summed E-state index contributed by atoms with van der Waals surface area (Å²) in [5, 5.41) is 10.7. The predicted octanol–water partition coefficient (Wildman–Crippen LogP) is 4.76. The van der Waals surface area contributed by atoms with E-state index < -0.39 is 11.4 Å². The van der Waals surface area contributed by atoms with Gasteiger partial charge in [-0.2, -0.15) is 0 Å². The molecule has 27 heavy (non-hydrogen) atoms. The molecule has 0 amide bonds. The molecule has 2 heterocycles. The molecular weight excluding hydrogens is 433 g/mol. The number of halogens is 2. The molecule has 1 aliphatic rings. The number of benzene rings is 2. The molecule has 0 radical (unpaired) electrons. The molecule has 0 aliphatic carbocycles. The normalized spacial score (nSPS) is 13.9. The van der Waals surface area contributed by atoms with Gasteiger partial charge in [-0.3, -0.25) is 19.3 Å². The van der Waals surface area contributed by atoms with Crippen LogP contribution >= 0.6 is 28.1 Å². The lowest BCUT2D eigenvalue weighted by Crippen LogP contribution is -2.16. The highest BCUT2D eigenvalue weighted by molar-refractivity contribution is 9.10. The van der Waals surface area contributed by atoms with E-state index in [0.29, 0.717) is 11.3 Å². The van der Waals surface area contributed by atoms with E-state index in [1.165, 1.54) is 28.8 Å². The molecule has 1 aromatic heterocycles. The maximum Gasteiger partial charge on any atom is 0.262 e. The van der Waals surface area contributed by atoms with Crippen LogP contribution in [0.5, 0.6) is 5.88 Å². The molecule has 0 spiro atoms. The second kappa shape index (κ2) is 6.71. The number of aliphatic imine (C=N–C) groups is 1. The SMILES string of the molecule is O=c1[nH]c(=S)n(-c2ccc(F)cc2)c(O)c1/C=C1\C=Nc2ccc(Br)cc21. The Morgan fingerprint density at radius 2 is 1.96 bits per heavy atom. The van der Waals surface area contributed by atoms with Crippen LogP contribution in [-0.4, -0.2) is 20.9 Å². The number of nitrogens with one attached hydrogen (secondary N) is 1. The van der Waals surface area contributed by atoms with Crippen molar-refractivity contribution in [3.05, 3.63) is 79.0 Å². The summed E-state index contributed by atoms with van der Waals surface area (Å²) in [5.74, 6) is -0.749. The molecule has 8 heteroatoms. The summed E-state index contributed by atoms with van der Waals surface area (Å²) >= 11 is 8.58. The monoisotopic (exact) mass is 443 g/mol. The number of hydrogen-bond donors (Lipinski definition) is 2. The first-order valence-electron chi connectivity index (χ1n) is 7.84. The van der Waals surface area contributed by atoms with Crippen LogP contribution in [0.3, 0.4) is 0 Å². The molecular formula is C19H11BrFN3O2S. The molecule has 1 aliphatic heterocycles. The van der Waals surface area contributed by atoms with Crippen molar-refractivity contribution in [3.63, 3.8) is 0 Å². The highest BCUT2D eigenvalue weighted by Gasteiger charge is 2.17. The van der Waals surface area contributed by atoms with Crippen LogP contribution in [-0.2, 0) is 0 Å². The molecule has 0 unspecified atom stereocenters. The Labute approximate surface area is 166 Å². The van der Waals surface area contributed by atoms with Crippen LogP contribution in [0.15, 0.2) is 56.7 Å². The fourth-order valence-corrected chi connectivity index (χ4v) is 3.48. The number of aromatic nitrogens is 2. The Hall–Kier alpha value is -2.84. The maximum atomic E-state index is 13.2. The number of H-pyrrole nitrogens is 1. The zero-order valence-corrected chi connectivity index (χ0v) is 16.0. The number of rotatable bonds is 2. The van der Waals surface area contributed by atoms with E-state index in [-0.39, 0.29) is 16.2 Å². The third kappa shape index (κ3) is 3.17. The van der Waals surface area contributed by atoms with Crippen molar-refractivity contribution in [1.82, 2.24) is 9.55 Å². The number of fused-ring (bicyclic) bond motifs is 1. The van der Waals surface area contributed by atoms with Gasteiger partial charge in [0, 0.05) is 21.8 Å². The van der Waals surface area contributed by atoms with Crippen molar-refractivity contribution in [1.29, 1.82) is 0 Å². The van der Waals surface area contributed by atoms with Crippen molar-refractivity contribution in [3.8, 4) is 11.6 Å². The van der Waals surface area contributed by atoms with Crippen molar-refractivity contribution in [2.75, 3.05) is 0 Å². The molecule has 0 atom stereocenters. The van der Waals surface area contributed by atoms with Crippen LogP contribution < -0.4 is 5.56 Å². The van der Waals surface area contributed by atoms with E-state index in [4.69, 9.17) is 12.2 Å². The minimum absolute atomic E-state index is 0.00879. The summed E-state index contributed by atoms with van der Waals surface area (Å²) in [6, 6.07) is 11.0. The van der Waals surface area contributed by atoms with Crippen LogP contribution in [0.1, 0.15) is 11.1 Å². The Morgan fingerprint density at radius 3 is 2.70 bits per heavy atom. The standard InChI is InChI=1S/C19H11BrFN3O2S/c20-11-1-6-16-14(8-11)10(9-22-16)7-15-17(25)23-19(27)24(18(15)26)13-4-2-12(21)3-5-13/h1-9,26H,(H,23,25,27)/b10-7+. The molecule has 0 saturated carbocycles. The fraction of sp³-hybridized carbons (Fsp3) is 0. The van der Waals surface area contributed by atoms with Gasteiger partial charge in [-0.05, 0) is 60.8 Å². The summed E-state index contributed by atoms with van der Waals surface area (Å²) in [6.45, 7) is 0. The van der Waals surface area contributed by atoms with E-state index in [9.17, 15) is 14.3 Å². The van der Waals surface area contributed by atoms with Crippen molar-refractivity contribution in [2.45, 2.75) is 0 Å². The van der Waals surface area contributed by atoms with Gasteiger partial charge in [0.25, 0.3) is 5.56 Å². The Bertz CT molecular complexity index is 1240. The molecule has 134 valence electrons. The third-order valence-corrected chi connectivity index (χ3v) is 4.90. The number of aromatic amines is 1. The van der Waals surface area contributed by atoms with Gasteiger partial charge in [-0.25, -0.2) is 4.39 Å². The van der Waals surface area contributed by atoms with E-state index in [1.807, 2.05) is 18.2 Å². The van der Waals surface area contributed by atoms with Gasteiger partial charge in [-0.15, -0.1) is 0 Å². The molecule has 2 aromatic carbocycles. The number of aromatic hydroxyl groups is 1. The van der Waals surface area contributed by atoms with E-state index in [2.05, 4.69) is 25.9 Å². The van der Waals surface area contributed by atoms with Gasteiger partial charge in [0.15, 0.2) is 4.77 Å². The van der Waals surface area contributed by atoms with Gasteiger partial charge in [0.2, 0.25) is 5.88 Å². The predicted molar refractivity (Wildman–Crippen MR) is 109 cm³/mol. The van der Waals surface area contributed by atoms with Gasteiger partial charge in [0.05, 0.1) is 11.4 Å². The molecule has 3 aromatic rings. The summed E-state index contributed by atoms with van der Waals surface area (Å²) in [7, 11) is 0. The van der Waals surface area contributed by atoms with Crippen LogP contribution in [0.2, 0.25) is 0 Å². The highest BCUT2D eigenvalue weighted by Crippen LogP contribution is 2.35. The van der Waals surface area contributed by atoms with Crippen molar-refractivity contribution in [2.24, 2.45) is 4.99 Å². The van der Waals surface area contributed by atoms with Gasteiger partial charge in [0.1, 0.15) is 11.4 Å². The zero-order valence-electron chi connectivity index (χ0n) is 13.6. The van der Waals surface area contributed by atoms with Crippen molar-refractivity contribution < 1.29 is 9.50 Å². The summed E-state index contributed by atoms with van der Waals surface area (Å²) in [6.07, 6.45) is 3.17. The Balaban J connectivity index is 1.91. The average Bonchev–Trinajstić information content (AvgIpc) is 3.02. The Kier molecular flexibility index (Phi) is 4.37. The van der Waals surface area contributed by atoms with Crippen LogP contribution in [0.4, 0.5) is 10.1 Å². The lowest BCUT2D eigenvalue weighted by atomic mass is 10.1. The number of nitrogens with zero attached hydrogens (tertiary/aromatic N) is 2. The largest absolute Gasteiger partial charge is 0.494 e. The van der Waals surface area contributed by atoms with Crippen molar-refractivity contribution >= 4 is 51.7 Å². The van der Waals surface area contributed by atoms with E-state index in [1.54, 1.807) is 12.3 Å². The smallest absolute Gasteiger partial charge is 0.262 e. The topological polar surface area (TPSA) is 70.4 Å².